The van der Waals surface area contributed by atoms with Crippen LogP contribution >= 0.6 is 22.6 Å². The van der Waals surface area contributed by atoms with Gasteiger partial charge < -0.3 is 0 Å². The number of nitrogens with zero attached hydrogens (tertiary/aromatic N) is 1. The summed E-state index contributed by atoms with van der Waals surface area (Å²) in [6.07, 6.45) is 1.36. The zero-order chi connectivity index (χ0) is 7.56. The van der Waals surface area contributed by atoms with E-state index in [9.17, 15) is 4.79 Å². The molecule has 0 spiro atoms. The summed E-state index contributed by atoms with van der Waals surface area (Å²) in [4.78, 5) is 16.2. The van der Waals surface area contributed by atoms with Crippen molar-refractivity contribution in [3.8, 4) is 0 Å². The van der Waals surface area contributed by atoms with Gasteiger partial charge in [-0.05, 0) is 22.6 Å². The number of anilines is 1. The van der Waals surface area contributed by atoms with Crippen LogP contribution in [-0.2, 0) is 0 Å². The van der Waals surface area contributed by atoms with Gasteiger partial charge in [-0.25, -0.2) is 9.78 Å². The molecular weight excluding hydrogens is 249 g/mol. The van der Waals surface area contributed by atoms with E-state index in [4.69, 9.17) is 5.21 Å². The number of H-pyrrole nitrogens is 1. The Morgan fingerprint density at radius 3 is 3.00 bits per heavy atom. The maximum atomic E-state index is 10.5. The molecule has 54 valence electrons. The van der Waals surface area contributed by atoms with Crippen molar-refractivity contribution in [1.82, 2.24) is 9.97 Å². The van der Waals surface area contributed by atoms with Gasteiger partial charge >= 0.3 is 5.69 Å². The first-order valence-electron chi connectivity index (χ1n) is 2.39. The molecule has 1 aromatic heterocycles. The number of rotatable bonds is 1. The van der Waals surface area contributed by atoms with Gasteiger partial charge in [0.25, 0.3) is 0 Å². The summed E-state index contributed by atoms with van der Waals surface area (Å²) in [7, 11) is 0. The minimum Gasteiger partial charge on any atom is -0.290 e. The summed E-state index contributed by atoms with van der Waals surface area (Å²) >= 11 is 1.92. The topological polar surface area (TPSA) is 78.0 Å². The smallest absolute Gasteiger partial charge is 0.290 e. The van der Waals surface area contributed by atoms with E-state index in [0.717, 1.165) is 0 Å². The van der Waals surface area contributed by atoms with E-state index in [-0.39, 0.29) is 5.82 Å². The molecule has 0 bridgehead atoms. The standard InChI is InChI=1S/C4H4IN3O2/c5-2-1-6-4(9)7-3(2)8-10/h1,10H,(H2,6,7,8,9). The summed E-state index contributed by atoms with van der Waals surface area (Å²) in [5.74, 6) is 0.264. The number of aromatic amines is 1. The first-order chi connectivity index (χ1) is 4.74. The summed E-state index contributed by atoms with van der Waals surface area (Å²) in [6.45, 7) is 0. The van der Waals surface area contributed by atoms with Gasteiger partial charge in [0.1, 0.15) is 5.82 Å². The van der Waals surface area contributed by atoms with Gasteiger partial charge in [-0.15, -0.1) is 0 Å². The summed E-state index contributed by atoms with van der Waals surface area (Å²) in [5.41, 5.74) is 1.34. The van der Waals surface area contributed by atoms with E-state index in [2.05, 4.69) is 9.97 Å². The highest BCUT2D eigenvalue weighted by atomic mass is 127. The fraction of sp³-hybridized carbons (Fsp3) is 0. The predicted molar refractivity (Wildman–Crippen MR) is 43.0 cm³/mol. The van der Waals surface area contributed by atoms with Crippen LogP contribution in [0.5, 0.6) is 0 Å². The summed E-state index contributed by atoms with van der Waals surface area (Å²) in [6, 6.07) is 0. The van der Waals surface area contributed by atoms with Crippen molar-refractivity contribution in [2.45, 2.75) is 0 Å². The average Bonchev–Trinajstić information content (AvgIpc) is 1.94. The SMILES string of the molecule is O=c1ncc(I)c(NO)[nH]1. The molecule has 0 saturated carbocycles. The molecule has 3 N–H and O–H groups in total. The minimum absolute atomic E-state index is 0.264. The van der Waals surface area contributed by atoms with Gasteiger partial charge in [-0.2, -0.15) is 0 Å². The van der Waals surface area contributed by atoms with E-state index in [0.29, 0.717) is 3.57 Å². The van der Waals surface area contributed by atoms with Crippen LogP contribution in [-0.4, -0.2) is 15.2 Å². The Kier molecular flexibility index (Phi) is 2.22. The van der Waals surface area contributed by atoms with E-state index < -0.39 is 5.69 Å². The predicted octanol–water partition coefficient (Wildman–Crippen LogP) is 0.176. The number of hydrogen-bond donors (Lipinski definition) is 3. The van der Waals surface area contributed by atoms with Crippen LogP contribution in [0.2, 0.25) is 0 Å². The van der Waals surface area contributed by atoms with Crippen molar-refractivity contribution in [2.75, 3.05) is 5.48 Å². The Hall–Kier alpha value is -0.630. The number of hydrogen-bond acceptors (Lipinski definition) is 4. The highest BCUT2D eigenvalue weighted by Gasteiger charge is 1.97. The molecule has 0 aliphatic carbocycles. The van der Waals surface area contributed by atoms with Crippen LogP contribution in [0.25, 0.3) is 0 Å². The van der Waals surface area contributed by atoms with Gasteiger partial charge in [0.05, 0.1) is 3.57 Å². The van der Waals surface area contributed by atoms with Crippen LogP contribution < -0.4 is 11.2 Å². The Morgan fingerprint density at radius 1 is 1.80 bits per heavy atom. The molecule has 1 aromatic rings. The lowest BCUT2D eigenvalue weighted by atomic mass is 10.6. The molecule has 0 saturated heterocycles. The minimum atomic E-state index is -0.489. The normalized spacial score (nSPS) is 9.40. The molecule has 0 atom stereocenters. The molecule has 5 nitrogen and oxygen atoms in total. The van der Waals surface area contributed by atoms with Crippen LogP contribution in [0.1, 0.15) is 0 Å². The zero-order valence-electron chi connectivity index (χ0n) is 4.76. The van der Waals surface area contributed by atoms with Gasteiger partial charge in [-0.1, -0.05) is 0 Å². The molecule has 0 unspecified atom stereocenters. The van der Waals surface area contributed by atoms with Crippen LogP contribution in [0.3, 0.4) is 0 Å². The molecule has 0 aromatic carbocycles. The quantitative estimate of drug-likeness (QED) is 0.492. The molecule has 1 rings (SSSR count). The second-order valence-corrected chi connectivity index (χ2v) is 2.69. The Morgan fingerprint density at radius 2 is 2.50 bits per heavy atom. The number of nitrogens with one attached hydrogen (secondary N) is 2. The van der Waals surface area contributed by atoms with Crippen molar-refractivity contribution in [3.63, 3.8) is 0 Å². The van der Waals surface area contributed by atoms with Gasteiger partial charge in [0.15, 0.2) is 0 Å². The molecule has 0 aliphatic heterocycles. The first-order valence-corrected chi connectivity index (χ1v) is 3.47. The molecule has 10 heavy (non-hydrogen) atoms. The fourth-order valence-electron chi connectivity index (χ4n) is 0.460. The lowest BCUT2D eigenvalue weighted by Gasteiger charge is -1.97. The van der Waals surface area contributed by atoms with Gasteiger partial charge in [0.2, 0.25) is 0 Å². The van der Waals surface area contributed by atoms with Crippen LogP contribution in [0, 0.1) is 3.57 Å². The highest BCUT2D eigenvalue weighted by Crippen LogP contribution is 2.08. The van der Waals surface area contributed by atoms with E-state index in [1.807, 2.05) is 28.1 Å². The molecule has 0 radical (unpaired) electrons. The lowest BCUT2D eigenvalue weighted by Crippen LogP contribution is -2.12. The second-order valence-electron chi connectivity index (χ2n) is 1.52. The highest BCUT2D eigenvalue weighted by molar-refractivity contribution is 14.1. The third-order valence-corrected chi connectivity index (χ3v) is 1.70. The Bertz CT molecular complexity index is 284. The van der Waals surface area contributed by atoms with Crippen molar-refractivity contribution < 1.29 is 5.21 Å². The third kappa shape index (κ3) is 1.45. The molecule has 0 aliphatic rings. The third-order valence-electron chi connectivity index (χ3n) is 0.878. The fourth-order valence-corrected chi connectivity index (χ4v) is 0.855. The van der Waals surface area contributed by atoms with Crippen LogP contribution in [0.15, 0.2) is 11.0 Å². The van der Waals surface area contributed by atoms with Gasteiger partial charge in [-0.3, -0.25) is 15.7 Å². The molecule has 0 fully saturated rings. The maximum absolute atomic E-state index is 10.5. The van der Waals surface area contributed by atoms with E-state index in [1.54, 1.807) is 0 Å². The zero-order valence-corrected chi connectivity index (χ0v) is 6.92. The monoisotopic (exact) mass is 253 g/mol. The summed E-state index contributed by atoms with van der Waals surface area (Å²) in [5, 5.41) is 8.39. The van der Waals surface area contributed by atoms with Crippen molar-refractivity contribution in [1.29, 1.82) is 0 Å². The number of aromatic nitrogens is 2. The molecule has 0 amide bonds. The Labute approximate surface area is 69.6 Å². The molecule has 1 heterocycles. The maximum Gasteiger partial charge on any atom is 0.346 e. The molecule has 6 heteroatoms. The average molecular weight is 253 g/mol. The lowest BCUT2D eigenvalue weighted by molar-refractivity contribution is 0.385. The summed E-state index contributed by atoms with van der Waals surface area (Å²) < 4.78 is 0.653. The second kappa shape index (κ2) is 2.97. The van der Waals surface area contributed by atoms with E-state index in [1.165, 1.54) is 6.20 Å². The van der Waals surface area contributed by atoms with Crippen molar-refractivity contribution in [3.05, 3.63) is 20.3 Å². The number of halogens is 1. The largest absolute Gasteiger partial charge is 0.346 e. The Balaban J connectivity index is 3.22. The molecular formula is C4H4IN3O2. The van der Waals surface area contributed by atoms with Gasteiger partial charge in [0, 0.05) is 6.20 Å². The van der Waals surface area contributed by atoms with Crippen molar-refractivity contribution in [2.24, 2.45) is 0 Å². The van der Waals surface area contributed by atoms with Crippen molar-refractivity contribution >= 4 is 28.4 Å². The first kappa shape index (κ1) is 7.48. The van der Waals surface area contributed by atoms with E-state index >= 15 is 0 Å². The van der Waals surface area contributed by atoms with Crippen LogP contribution in [0.4, 0.5) is 5.82 Å².